The molecule has 1 fully saturated rings. The van der Waals surface area contributed by atoms with Crippen LogP contribution in [0.3, 0.4) is 0 Å². The van der Waals surface area contributed by atoms with E-state index in [1.54, 1.807) is 18.2 Å². The van der Waals surface area contributed by atoms with Gasteiger partial charge in [-0.1, -0.05) is 6.07 Å². The Hall–Kier alpha value is -3.07. The van der Waals surface area contributed by atoms with Gasteiger partial charge >= 0.3 is 6.36 Å². The van der Waals surface area contributed by atoms with Crippen molar-refractivity contribution < 1.29 is 22.7 Å². The van der Waals surface area contributed by atoms with Gasteiger partial charge in [0, 0.05) is 11.5 Å². The van der Waals surface area contributed by atoms with E-state index in [1.165, 1.54) is 28.8 Å². The highest BCUT2D eigenvalue weighted by molar-refractivity contribution is 5.99. The first-order valence-electron chi connectivity index (χ1n) is 8.64. The number of benzene rings is 1. The van der Waals surface area contributed by atoms with Crippen LogP contribution in [0.1, 0.15) is 35.4 Å². The summed E-state index contributed by atoms with van der Waals surface area (Å²) in [6.07, 6.45) is -2.24. The van der Waals surface area contributed by atoms with Gasteiger partial charge in [-0.2, -0.15) is 0 Å². The zero-order chi connectivity index (χ0) is 20.1. The summed E-state index contributed by atoms with van der Waals surface area (Å²) in [6, 6.07) is 10.5. The minimum Gasteiger partial charge on any atom is -0.406 e. The molecule has 0 spiro atoms. The molecule has 0 aliphatic heterocycles. The van der Waals surface area contributed by atoms with Gasteiger partial charge in [-0.3, -0.25) is 9.36 Å². The number of carbonyl (C=O) groups excluding carboxylic acids is 1. The molecule has 28 heavy (non-hydrogen) atoms. The average molecular weight is 390 g/mol. The maximum Gasteiger partial charge on any atom is 0.573 e. The Balaban J connectivity index is 1.89. The number of primary amides is 1. The fourth-order valence-corrected chi connectivity index (χ4v) is 3.44. The van der Waals surface area contributed by atoms with Gasteiger partial charge in [0.15, 0.2) is 0 Å². The van der Waals surface area contributed by atoms with E-state index in [0.717, 1.165) is 19.3 Å². The van der Waals surface area contributed by atoms with Crippen molar-refractivity contribution in [3.63, 3.8) is 0 Å². The lowest BCUT2D eigenvalue weighted by Gasteiger charge is -2.37. The first-order chi connectivity index (χ1) is 13.2. The summed E-state index contributed by atoms with van der Waals surface area (Å²) < 4.78 is 43.2. The van der Waals surface area contributed by atoms with Gasteiger partial charge in [0.2, 0.25) is 0 Å². The molecule has 4 rings (SSSR count). The Morgan fingerprint density at radius 2 is 1.93 bits per heavy atom. The number of rotatable bonds is 4. The molecule has 1 aliphatic rings. The molecule has 3 aromatic rings. The van der Waals surface area contributed by atoms with Crippen LogP contribution in [-0.4, -0.2) is 21.8 Å². The number of alkyl halides is 3. The zero-order valence-corrected chi connectivity index (χ0v) is 14.7. The van der Waals surface area contributed by atoms with Crippen LogP contribution in [0.4, 0.5) is 13.2 Å². The lowest BCUT2D eigenvalue weighted by atomic mass is 9.75. The Morgan fingerprint density at radius 1 is 1.18 bits per heavy atom. The van der Waals surface area contributed by atoms with E-state index in [9.17, 15) is 18.0 Å². The van der Waals surface area contributed by atoms with Crippen LogP contribution in [0.2, 0.25) is 0 Å². The van der Waals surface area contributed by atoms with E-state index in [0.29, 0.717) is 22.4 Å². The number of ether oxygens (including phenoxy) is 1. The molecule has 1 aliphatic carbocycles. The molecule has 6 nitrogen and oxygen atoms in total. The largest absolute Gasteiger partial charge is 0.573 e. The number of hydrogen-bond donors (Lipinski definition) is 2. The number of hydrogen-bond acceptors (Lipinski definition) is 4. The summed E-state index contributed by atoms with van der Waals surface area (Å²) in [4.78, 5) is 16.5. The van der Waals surface area contributed by atoms with Crippen LogP contribution >= 0.6 is 0 Å². The first kappa shape index (κ1) is 18.3. The molecule has 4 N–H and O–H groups in total. The molecule has 1 amide bonds. The molecule has 0 bridgehead atoms. The van der Waals surface area contributed by atoms with Crippen molar-refractivity contribution >= 4 is 16.8 Å². The molecule has 0 radical (unpaired) electrons. The summed E-state index contributed by atoms with van der Waals surface area (Å²) in [5.41, 5.74) is 12.4. The SMILES string of the molecule is NC(=O)c1cc2ccc(OC(F)(F)F)cc2n1-c1cccc(C2(N)CCC2)n1. The molecular weight excluding hydrogens is 373 g/mol. The van der Waals surface area contributed by atoms with E-state index in [-0.39, 0.29) is 5.69 Å². The smallest absolute Gasteiger partial charge is 0.406 e. The number of pyridine rings is 1. The Morgan fingerprint density at radius 3 is 2.54 bits per heavy atom. The molecule has 146 valence electrons. The number of nitrogens with zero attached hydrogens (tertiary/aromatic N) is 2. The van der Waals surface area contributed by atoms with Crippen LogP contribution in [0.25, 0.3) is 16.7 Å². The van der Waals surface area contributed by atoms with E-state index in [1.807, 2.05) is 0 Å². The summed E-state index contributed by atoms with van der Waals surface area (Å²) in [5, 5.41) is 0.529. The highest BCUT2D eigenvalue weighted by atomic mass is 19.4. The van der Waals surface area contributed by atoms with Crippen LogP contribution < -0.4 is 16.2 Å². The van der Waals surface area contributed by atoms with Crippen LogP contribution in [0.15, 0.2) is 42.5 Å². The number of nitrogens with two attached hydrogens (primary N) is 2. The minimum atomic E-state index is -4.83. The molecule has 0 unspecified atom stereocenters. The molecule has 1 saturated carbocycles. The topological polar surface area (TPSA) is 96.2 Å². The third-order valence-electron chi connectivity index (χ3n) is 4.98. The molecule has 0 saturated heterocycles. The van der Waals surface area contributed by atoms with Crippen molar-refractivity contribution in [2.45, 2.75) is 31.2 Å². The first-order valence-corrected chi connectivity index (χ1v) is 8.64. The predicted octanol–water partition coefficient (Wildman–Crippen LogP) is 3.36. The average Bonchev–Trinajstić information content (AvgIpc) is 2.97. The lowest BCUT2D eigenvalue weighted by molar-refractivity contribution is -0.274. The summed E-state index contributed by atoms with van der Waals surface area (Å²) in [5.74, 6) is -0.782. The van der Waals surface area contributed by atoms with E-state index < -0.39 is 23.6 Å². The predicted molar refractivity (Wildman–Crippen MR) is 96.0 cm³/mol. The highest BCUT2D eigenvalue weighted by Crippen LogP contribution is 2.38. The van der Waals surface area contributed by atoms with Crippen molar-refractivity contribution in [3.05, 3.63) is 53.9 Å². The number of carbonyl (C=O) groups is 1. The maximum atomic E-state index is 12.6. The molecule has 1 aromatic carbocycles. The fraction of sp³-hybridized carbons (Fsp3) is 0.263. The van der Waals surface area contributed by atoms with Crippen molar-refractivity contribution in [1.29, 1.82) is 0 Å². The third kappa shape index (κ3) is 3.18. The van der Waals surface area contributed by atoms with E-state index >= 15 is 0 Å². The summed E-state index contributed by atoms with van der Waals surface area (Å²) >= 11 is 0. The number of halogens is 3. The summed E-state index contributed by atoms with van der Waals surface area (Å²) in [6.45, 7) is 0. The van der Waals surface area contributed by atoms with Gasteiger partial charge in [0.05, 0.1) is 16.7 Å². The Labute approximate surface area is 157 Å². The Bertz CT molecular complexity index is 1070. The zero-order valence-electron chi connectivity index (χ0n) is 14.7. The Kier molecular flexibility index (Phi) is 4.07. The van der Waals surface area contributed by atoms with Crippen molar-refractivity contribution in [2.75, 3.05) is 0 Å². The van der Waals surface area contributed by atoms with Gasteiger partial charge in [-0.05, 0) is 49.6 Å². The quantitative estimate of drug-likeness (QED) is 0.714. The fourth-order valence-electron chi connectivity index (χ4n) is 3.44. The number of fused-ring (bicyclic) bond motifs is 1. The molecule has 0 atom stereocenters. The maximum absolute atomic E-state index is 12.6. The van der Waals surface area contributed by atoms with Gasteiger partial charge < -0.3 is 16.2 Å². The second kappa shape index (κ2) is 6.23. The van der Waals surface area contributed by atoms with Crippen molar-refractivity contribution in [2.24, 2.45) is 11.5 Å². The molecular formula is C19H17F3N4O2. The second-order valence-corrected chi connectivity index (χ2v) is 6.89. The van der Waals surface area contributed by atoms with Crippen LogP contribution in [0, 0.1) is 0 Å². The van der Waals surface area contributed by atoms with Gasteiger partial charge in [-0.15, -0.1) is 13.2 Å². The molecule has 2 heterocycles. The monoisotopic (exact) mass is 390 g/mol. The van der Waals surface area contributed by atoms with Gasteiger partial charge in [0.25, 0.3) is 5.91 Å². The summed E-state index contributed by atoms with van der Waals surface area (Å²) in [7, 11) is 0. The lowest BCUT2D eigenvalue weighted by Crippen LogP contribution is -2.44. The number of aromatic nitrogens is 2. The van der Waals surface area contributed by atoms with E-state index in [2.05, 4.69) is 9.72 Å². The molecule has 9 heteroatoms. The van der Waals surface area contributed by atoms with Crippen LogP contribution in [0.5, 0.6) is 5.75 Å². The number of amides is 1. The van der Waals surface area contributed by atoms with Gasteiger partial charge in [-0.25, -0.2) is 4.98 Å². The highest BCUT2D eigenvalue weighted by Gasteiger charge is 2.36. The second-order valence-electron chi connectivity index (χ2n) is 6.89. The standard InChI is InChI=1S/C19H17F3N4O2/c20-19(21,22)28-12-6-5-11-9-14(17(23)27)26(13(11)10-12)16-4-1-3-15(25-16)18(24)7-2-8-18/h1,3-6,9-10H,2,7-8,24H2,(H2,23,27). The van der Waals surface area contributed by atoms with Crippen molar-refractivity contribution in [3.8, 4) is 11.6 Å². The minimum absolute atomic E-state index is 0.100. The van der Waals surface area contributed by atoms with Crippen LogP contribution in [-0.2, 0) is 5.54 Å². The van der Waals surface area contributed by atoms with Gasteiger partial charge in [0.1, 0.15) is 17.3 Å². The third-order valence-corrected chi connectivity index (χ3v) is 4.98. The molecule has 2 aromatic heterocycles. The van der Waals surface area contributed by atoms with Crippen molar-refractivity contribution in [1.82, 2.24) is 9.55 Å². The van der Waals surface area contributed by atoms with E-state index in [4.69, 9.17) is 11.5 Å². The normalized spacial score (nSPS) is 16.0.